The molecule has 0 bridgehead atoms. The maximum absolute atomic E-state index is 5.06. The molecule has 1 aromatic rings. The second kappa shape index (κ2) is 3.07. The zero-order valence-corrected chi connectivity index (χ0v) is 6.29. The van der Waals surface area contributed by atoms with E-state index in [2.05, 4.69) is 29.7 Å². The Morgan fingerprint density at radius 1 is 1.36 bits per heavy atom. The van der Waals surface area contributed by atoms with Crippen LogP contribution in [0.3, 0.4) is 0 Å². The van der Waals surface area contributed by atoms with Gasteiger partial charge in [-0.2, -0.15) is 0 Å². The van der Waals surface area contributed by atoms with Crippen LogP contribution in [0.25, 0.3) is 0 Å². The summed E-state index contributed by atoms with van der Waals surface area (Å²) < 4.78 is 0. The van der Waals surface area contributed by atoms with Crippen LogP contribution in [0.15, 0.2) is 30.3 Å². The Kier molecular flexibility index (Phi) is 1.92. The highest BCUT2D eigenvalue weighted by Crippen LogP contribution is 2.15. The fourth-order valence-electron chi connectivity index (χ4n) is 1.32. The second-order valence-corrected chi connectivity index (χ2v) is 2.77. The average molecular weight is 147 g/mol. The molecule has 1 atom stereocenters. The lowest BCUT2D eigenvalue weighted by atomic mass is 9.74. The van der Waals surface area contributed by atoms with Gasteiger partial charge in [0.05, 0.1) is 6.61 Å². The molecule has 1 aliphatic rings. The van der Waals surface area contributed by atoms with Gasteiger partial charge in [-0.3, -0.25) is 0 Å². The Balaban J connectivity index is 2.16. The summed E-state index contributed by atoms with van der Waals surface area (Å²) in [6, 6.07) is 10.4. The van der Waals surface area contributed by atoms with Crippen LogP contribution in [0.2, 0.25) is 0 Å². The van der Waals surface area contributed by atoms with Crippen molar-refractivity contribution in [1.82, 2.24) is 5.39 Å². The summed E-state index contributed by atoms with van der Waals surface area (Å²) in [7, 11) is 0.935. The minimum atomic E-state index is 0.538. The SMILES string of the molecule is B1NOCC1c1ccccc1. The van der Waals surface area contributed by atoms with E-state index in [1.165, 1.54) is 5.56 Å². The van der Waals surface area contributed by atoms with Gasteiger partial charge in [-0.1, -0.05) is 30.3 Å². The van der Waals surface area contributed by atoms with E-state index < -0.39 is 0 Å². The normalized spacial score (nSPS) is 23.1. The number of nitrogens with one attached hydrogen (secondary N) is 1. The molecular formula is C8H10BNO. The zero-order chi connectivity index (χ0) is 7.52. The third kappa shape index (κ3) is 1.44. The van der Waals surface area contributed by atoms with Crippen LogP contribution in [0, 0.1) is 0 Å². The fourth-order valence-corrected chi connectivity index (χ4v) is 1.32. The monoisotopic (exact) mass is 147 g/mol. The van der Waals surface area contributed by atoms with E-state index in [9.17, 15) is 0 Å². The van der Waals surface area contributed by atoms with Crippen LogP contribution < -0.4 is 5.39 Å². The summed E-state index contributed by atoms with van der Waals surface area (Å²) in [6.45, 7) is 0.796. The minimum Gasteiger partial charge on any atom is -0.314 e. The lowest BCUT2D eigenvalue weighted by molar-refractivity contribution is 0.120. The van der Waals surface area contributed by atoms with Crippen molar-refractivity contribution in [3.05, 3.63) is 35.9 Å². The molecule has 0 spiro atoms. The molecule has 56 valence electrons. The van der Waals surface area contributed by atoms with Crippen LogP contribution in [0.4, 0.5) is 0 Å². The Bertz CT molecular complexity index is 221. The minimum absolute atomic E-state index is 0.538. The second-order valence-electron chi connectivity index (χ2n) is 2.77. The fraction of sp³-hybridized carbons (Fsp3) is 0.250. The van der Waals surface area contributed by atoms with Gasteiger partial charge in [0, 0.05) is 5.82 Å². The molecule has 1 fully saturated rings. The number of rotatable bonds is 1. The molecule has 0 radical (unpaired) electrons. The van der Waals surface area contributed by atoms with Crippen LogP contribution in [0.5, 0.6) is 0 Å². The van der Waals surface area contributed by atoms with Gasteiger partial charge in [-0.15, -0.1) is 0 Å². The maximum atomic E-state index is 5.06. The highest BCUT2D eigenvalue weighted by Gasteiger charge is 2.18. The van der Waals surface area contributed by atoms with E-state index in [1.54, 1.807) is 0 Å². The summed E-state index contributed by atoms with van der Waals surface area (Å²) >= 11 is 0. The molecule has 0 aromatic heterocycles. The quantitative estimate of drug-likeness (QED) is 0.587. The van der Waals surface area contributed by atoms with Crippen molar-refractivity contribution < 1.29 is 4.84 Å². The molecule has 0 amide bonds. The van der Waals surface area contributed by atoms with E-state index >= 15 is 0 Å². The van der Waals surface area contributed by atoms with Gasteiger partial charge in [0.15, 0.2) is 0 Å². The van der Waals surface area contributed by atoms with E-state index in [0.717, 1.165) is 14.0 Å². The summed E-state index contributed by atoms with van der Waals surface area (Å²) in [4.78, 5) is 5.06. The molecule has 2 nitrogen and oxygen atoms in total. The van der Waals surface area contributed by atoms with Crippen molar-refractivity contribution in [2.24, 2.45) is 0 Å². The molecule has 1 aliphatic heterocycles. The molecule has 1 N–H and O–H groups in total. The van der Waals surface area contributed by atoms with Gasteiger partial charge in [-0.25, -0.2) is 5.39 Å². The van der Waals surface area contributed by atoms with E-state index in [-0.39, 0.29) is 0 Å². The molecule has 2 rings (SSSR count). The Labute approximate surface area is 66.8 Å². The van der Waals surface area contributed by atoms with Gasteiger partial charge < -0.3 is 4.84 Å². The highest BCUT2D eigenvalue weighted by molar-refractivity contribution is 6.35. The molecule has 1 saturated heterocycles. The number of hydrogen-bond acceptors (Lipinski definition) is 2. The van der Waals surface area contributed by atoms with Gasteiger partial charge in [0.25, 0.3) is 0 Å². The Morgan fingerprint density at radius 3 is 2.82 bits per heavy atom. The number of benzene rings is 1. The topological polar surface area (TPSA) is 21.3 Å². The Hall–Kier alpha value is -0.795. The third-order valence-corrected chi connectivity index (χ3v) is 1.99. The van der Waals surface area contributed by atoms with Crippen molar-refractivity contribution in [1.29, 1.82) is 0 Å². The predicted octanol–water partition coefficient (Wildman–Crippen LogP) is 0.614. The van der Waals surface area contributed by atoms with Crippen molar-refractivity contribution >= 4 is 7.41 Å². The van der Waals surface area contributed by atoms with Crippen LogP contribution in [-0.2, 0) is 4.84 Å². The van der Waals surface area contributed by atoms with Crippen molar-refractivity contribution in [2.75, 3.05) is 6.61 Å². The smallest absolute Gasteiger partial charge is 0.244 e. The molecular weight excluding hydrogens is 137 g/mol. The maximum Gasteiger partial charge on any atom is 0.244 e. The standard InChI is InChI=1S/C8H10BNO/c1-2-4-7(5-3-1)8-6-11-10-9-8/h1-5,8-10H,6H2. The van der Waals surface area contributed by atoms with E-state index in [4.69, 9.17) is 4.84 Å². The van der Waals surface area contributed by atoms with Crippen molar-refractivity contribution in [3.8, 4) is 0 Å². The van der Waals surface area contributed by atoms with Crippen molar-refractivity contribution in [2.45, 2.75) is 5.82 Å². The molecule has 11 heavy (non-hydrogen) atoms. The van der Waals surface area contributed by atoms with Gasteiger partial charge in [0.2, 0.25) is 7.41 Å². The summed E-state index contributed by atoms with van der Waals surface area (Å²) in [6.07, 6.45) is 0. The average Bonchev–Trinajstić information content (AvgIpc) is 2.58. The van der Waals surface area contributed by atoms with Gasteiger partial charge in [0.1, 0.15) is 0 Å². The first-order valence-corrected chi connectivity index (χ1v) is 3.86. The summed E-state index contributed by atoms with van der Waals surface area (Å²) in [5.41, 5.74) is 1.36. The van der Waals surface area contributed by atoms with Crippen LogP contribution in [-0.4, -0.2) is 14.0 Å². The lowest BCUT2D eigenvalue weighted by Crippen LogP contribution is -2.12. The first-order chi connectivity index (χ1) is 5.47. The Morgan fingerprint density at radius 2 is 2.18 bits per heavy atom. The molecule has 0 aliphatic carbocycles. The van der Waals surface area contributed by atoms with E-state index in [0.29, 0.717) is 5.82 Å². The molecule has 1 aromatic carbocycles. The molecule has 1 unspecified atom stereocenters. The third-order valence-electron chi connectivity index (χ3n) is 1.99. The summed E-state index contributed by atoms with van der Waals surface area (Å²) in [5, 5.41) is 2.87. The van der Waals surface area contributed by atoms with Crippen molar-refractivity contribution in [3.63, 3.8) is 0 Å². The molecule has 3 heteroatoms. The van der Waals surface area contributed by atoms with Crippen LogP contribution >= 0.6 is 0 Å². The van der Waals surface area contributed by atoms with Gasteiger partial charge in [-0.05, 0) is 5.56 Å². The highest BCUT2D eigenvalue weighted by atomic mass is 16.6. The van der Waals surface area contributed by atoms with E-state index in [1.807, 2.05) is 6.07 Å². The largest absolute Gasteiger partial charge is 0.314 e. The first kappa shape index (κ1) is 6.89. The van der Waals surface area contributed by atoms with Crippen LogP contribution in [0.1, 0.15) is 11.4 Å². The zero-order valence-electron chi connectivity index (χ0n) is 6.29. The molecule has 0 saturated carbocycles. The predicted molar refractivity (Wildman–Crippen MR) is 45.4 cm³/mol. The number of hydrogen-bond donors (Lipinski definition) is 1. The lowest BCUT2D eigenvalue weighted by Gasteiger charge is -2.03. The molecule has 1 heterocycles. The van der Waals surface area contributed by atoms with Gasteiger partial charge >= 0.3 is 0 Å². The first-order valence-electron chi connectivity index (χ1n) is 3.86. The summed E-state index contributed by atoms with van der Waals surface area (Å²) in [5.74, 6) is 0.538.